The fourth-order valence-electron chi connectivity index (χ4n) is 1.24. The van der Waals surface area contributed by atoms with Gasteiger partial charge in [0.1, 0.15) is 0 Å². The van der Waals surface area contributed by atoms with E-state index in [1.807, 2.05) is 0 Å². The van der Waals surface area contributed by atoms with E-state index in [2.05, 4.69) is 0 Å². The van der Waals surface area contributed by atoms with Crippen molar-refractivity contribution in [2.24, 2.45) is 0 Å². The molecule has 68 valence electrons. The van der Waals surface area contributed by atoms with Crippen molar-refractivity contribution in [1.82, 2.24) is 0 Å². The van der Waals surface area contributed by atoms with Crippen molar-refractivity contribution >= 4 is 18.4 Å². The molecule has 4 heteroatoms. The summed E-state index contributed by atoms with van der Waals surface area (Å²) in [5.41, 5.74) is 1.78. The van der Waals surface area contributed by atoms with Crippen molar-refractivity contribution < 1.29 is 14.8 Å². The Kier molecular flexibility index (Phi) is 2.85. The summed E-state index contributed by atoms with van der Waals surface area (Å²) in [7, 11) is -1.47. The Morgan fingerprint density at radius 2 is 2.00 bits per heavy atom. The molecule has 0 fully saturated rings. The number of ketones is 1. The van der Waals surface area contributed by atoms with Crippen molar-refractivity contribution in [3.8, 4) is 0 Å². The Labute approximate surface area is 77.2 Å². The van der Waals surface area contributed by atoms with Gasteiger partial charge < -0.3 is 10.0 Å². The van der Waals surface area contributed by atoms with Crippen LogP contribution >= 0.6 is 0 Å². The fourth-order valence-corrected chi connectivity index (χ4v) is 1.24. The van der Waals surface area contributed by atoms with E-state index in [0.29, 0.717) is 11.0 Å². The molecule has 1 aromatic carbocycles. The number of rotatable bonds is 2. The van der Waals surface area contributed by atoms with Gasteiger partial charge in [-0.05, 0) is 24.9 Å². The summed E-state index contributed by atoms with van der Waals surface area (Å²) < 4.78 is 0. The van der Waals surface area contributed by atoms with Crippen LogP contribution in [0.4, 0.5) is 0 Å². The molecular weight excluding hydrogens is 167 g/mol. The zero-order valence-corrected chi connectivity index (χ0v) is 7.61. The average molecular weight is 178 g/mol. The zero-order valence-electron chi connectivity index (χ0n) is 7.61. The maximum absolute atomic E-state index is 11.0. The minimum Gasteiger partial charge on any atom is -0.423 e. The van der Waals surface area contributed by atoms with Gasteiger partial charge in [-0.15, -0.1) is 0 Å². The van der Waals surface area contributed by atoms with Crippen molar-refractivity contribution in [2.75, 3.05) is 0 Å². The maximum Gasteiger partial charge on any atom is 0.488 e. The van der Waals surface area contributed by atoms with E-state index < -0.39 is 7.12 Å². The van der Waals surface area contributed by atoms with Crippen LogP contribution in [-0.2, 0) is 0 Å². The van der Waals surface area contributed by atoms with Gasteiger partial charge in [0.15, 0.2) is 5.78 Å². The molecule has 0 aliphatic carbocycles. The van der Waals surface area contributed by atoms with Crippen LogP contribution in [-0.4, -0.2) is 22.9 Å². The van der Waals surface area contributed by atoms with Gasteiger partial charge in [-0.3, -0.25) is 4.79 Å². The van der Waals surface area contributed by atoms with E-state index in [1.54, 1.807) is 19.1 Å². The van der Waals surface area contributed by atoms with Gasteiger partial charge in [0.2, 0.25) is 0 Å². The van der Waals surface area contributed by atoms with Crippen molar-refractivity contribution in [3.05, 3.63) is 29.3 Å². The first-order valence-electron chi connectivity index (χ1n) is 4.00. The molecule has 0 aromatic heterocycles. The second-order valence-electron chi connectivity index (χ2n) is 3.00. The van der Waals surface area contributed by atoms with E-state index in [1.165, 1.54) is 13.0 Å². The standard InChI is InChI=1S/C9H11BO3/c1-6-5-8(10(12)13)3-4-9(6)7(2)11/h3-5,12-13H,1-2H3. The first-order valence-corrected chi connectivity index (χ1v) is 4.00. The summed E-state index contributed by atoms with van der Waals surface area (Å²) in [6, 6.07) is 4.74. The number of hydrogen-bond donors (Lipinski definition) is 2. The first kappa shape index (κ1) is 9.96. The lowest BCUT2D eigenvalue weighted by molar-refractivity contribution is 0.101. The number of carbonyl (C=O) groups excluding carboxylic acids is 1. The second-order valence-corrected chi connectivity index (χ2v) is 3.00. The Hall–Kier alpha value is -1.13. The molecule has 0 saturated carbocycles. The Morgan fingerprint density at radius 1 is 1.38 bits per heavy atom. The second kappa shape index (κ2) is 3.72. The molecule has 0 radical (unpaired) electrons. The van der Waals surface area contributed by atoms with Gasteiger partial charge in [0.05, 0.1) is 0 Å². The van der Waals surface area contributed by atoms with Gasteiger partial charge in [0.25, 0.3) is 0 Å². The molecular formula is C9H11BO3. The normalized spacial score (nSPS) is 9.85. The van der Waals surface area contributed by atoms with E-state index in [-0.39, 0.29) is 5.78 Å². The highest BCUT2D eigenvalue weighted by Crippen LogP contribution is 2.06. The summed E-state index contributed by atoms with van der Waals surface area (Å²) >= 11 is 0. The van der Waals surface area contributed by atoms with Gasteiger partial charge in [-0.1, -0.05) is 18.2 Å². The minimum atomic E-state index is -1.47. The highest BCUT2D eigenvalue weighted by atomic mass is 16.4. The lowest BCUT2D eigenvalue weighted by Gasteiger charge is -2.04. The first-order chi connectivity index (χ1) is 6.02. The third-order valence-electron chi connectivity index (χ3n) is 1.93. The molecule has 0 aliphatic rings. The Bertz CT molecular complexity index is 334. The van der Waals surface area contributed by atoms with Crippen LogP contribution in [0.5, 0.6) is 0 Å². The molecule has 0 unspecified atom stereocenters. The van der Waals surface area contributed by atoms with Gasteiger partial charge in [-0.2, -0.15) is 0 Å². The molecule has 2 N–H and O–H groups in total. The molecule has 1 rings (SSSR count). The molecule has 1 aromatic rings. The topological polar surface area (TPSA) is 57.5 Å². The predicted molar refractivity (Wildman–Crippen MR) is 51.0 cm³/mol. The molecule has 3 nitrogen and oxygen atoms in total. The highest BCUT2D eigenvalue weighted by Gasteiger charge is 2.12. The summed E-state index contributed by atoms with van der Waals surface area (Å²) in [5.74, 6) is -0.0171. The van der Waals surface area contributed by atoms with Crippen LogP contribution in [0, 0.1) is 6.92 Å². The quantitative estimate of drug-likeness (QED) is 0.490. The van der Waals surface area contributed by atoms with Crippen LogP contribution in [0.15, 0.2) is 18.2 Å². The van der Waals surface area contributed by atoms with Gasteiger partial charge >= 0.3 is 7.12 Å². The molecule has 0 bridgehead atoms. The third kappa shape index (κ3) is 2.17. The predicted octanol–water partition coefficient (Wildman–Crippen LogP) is -0.123. The van der Waals surface area contributed by atoms with Crippen LogP contribution in [0.3, 0.4) is 0 Å². The average Bonchev–Trinajstić information content (AvgIpc) is 2.03. The third-order valence-corrected chi connectivity index (χ3v) is 1.93. The van der Waals surface area contributed by atoms with E-state index in [4.69, 9.17) is 10.0 Å². The number of Topliss-reactive ketones (excluding diaryl/α,β-unsaturated/α-hetero) is 1. The smallest absolute Gasteiger partial charge is 0.423 e. The molecule has 13 heavy (non-hydrogen) atoms. The van der Waals surface area contributed by atoms with Crippen LogP contribution in [0.25, 0.3) is 0 Å². The Morgan fingerprint density at radius 3 is 2.38 bits per heavy atom. The maximum atomic E-state index is 11.0. The van der Waals surface area contributed by atoms with E-state index >= 15 is 0 Å². The largest absolute Gasteiger partial charge is 0.488 e. The molecule has 0 atom stereocenters. The molecule has 0 amide bonds. The van der Waals surface area contributed by atoms with E-state index in [0.717, 1.165) is 5.56 Å². The van der Waals surface area contributed by atoms with Gasteiger partial charge in [0, 0.05) is 5.56 Å². The molecule has 0 spiro atoms. The molecule has 0 aliphatic heterocycles. The number of hydrogen-bond acceptors (Lipinski definition) is 3. The molecule has 0 saturated heterocycles. The van der Waals surface area contributed by atoms with Crippen LogP contribution < -0.4 is 5.46 Å². The Balaban J connectivity index is 3.13. The monoisotopic (exact) mass is 178 g/mol. The number of benzene rings is 1. The highest BCUT2D eigenvalue weighted by molar-refractivity contribution is 6.58. The summed E-state index contributed by atoms with van der Waals surface area (Å²) in [6.45, 7) is 3.25. The summed E-state index contributed by atoms with van der Waals surface area (Å²) in [4.78, 5) is 11.0. The van der Waals surface area contributed by atoms with Crippen molar-refractivity contribution in [3.63, 3.8) is 0 Å². The van der Waals surface area contributed by atoms with Gasteiger partial charge in [-0.25, -0.2) is 0 Å². The lowest BCUT2D eigenvalue weighted by Crippen LogP contribution is -2.30. The number of carbonyl (C=O) groups is 1. The van der Waals surface area contributed by atoms with E-state index in [9.17, 15) is 4.79 Å². The molecule has 0 heterocycles. The SMILES string of the molecule is CC(=O)c1ccc(B(O)O)cc1C. The van der Waals surface area contributed by atoms with Crippen molar-refractivity contribution in [1.29, 1.82) is 0 Å². The van der Waals surface area contributed by atoms with Crippen LogP contribution in [0.2, 0.25) is 0 Å². The van der Waals surface area contributed by atoms with Crippen molar-refractivity contribution in [2.45, 2.75) is 13.8 Å². The lowest BCUT2D eigenvalue weighted by atomic mass is 9.79. The fraction of sp³-hybridized carbons (Fsp3) is 0.222. The zero-order chi connectivity index (χ0) is 10.0. The number of aryl methyl sites for hydroxylation is 1. The summed E-state index contributed by atoms with van der Waals surface area (Å²) in [5, 5.41) is 17.7. The minimum absolute atomic E-state index is 0.0171. The summed E-state index contributed by atoms with van der Waals surface area (Å²) in [6.07, 6.45) is 0. The van der Waals surface area contributed by atoms with Crippen LogP contribution in [0.1, 0.15) is 22.8 Å².